The van der Waals surface area contributed by atoms with E-state index in [9.17, 15) is 14.4 Å². The lowest BCUT2D eigenvalue weighted by atomic mass is 10.2. The molecule has 0 saturated heterocycles. The number of ketones is 1. The van der Waals surface area contributed by atoms with Crippen LogP contribution in [0.15, 0.2) is 12.2 Å². The van der Waals surface area contributed by atoms with Crippen molar-refractivity contribution in [3.05, 3.63) is 12.2 Å². The first kappa shape index (κ1) is 18.4. The number of hydrogen-bond acceptors (Lipinski definition) is 5. The Morgan fingerprint density at radius 2 is 1.60 bits per heavy atom. The standard InChI is InChI=1S/C15H24O5/c1-4-5-6-7-8-11-19-14(17)9-10-15(18)20-13(3)12(2)16/h9-10,13H,4-8,11H2,1-3H3/b10-9+. The zero-order valence-corrected chi connectivity index (χ0v) is 12.5. The normalized spacial score (nSPS) is 12.2. The molecule has 0 heterocycles. The van der Waals surface area contributed by atoms with Crippen molar-refractivity contribution in [1.29, 1.82) is 0 Å². The molecule has 114 valence electrons. The molecule has 1 atom stereocenters. The van der Waals surface area contributed by atoms with Crippen molar-refractivity contribution >= 4 is 17.7 Å². The molecule has 0 aliphatic heterocycles. The van der Waals surface area contributed by atoms with Crippen LogP contribution in [0.1, 0.15) is 52.9 Å². The van der Waals surface area contributed by atoms with Crippen molar-refractivity contribution in [3.8, 4) is 0 Å². The fraction of sp³-hybridized carbons (Fsp3) is 0.667. The minimum Gasteiger partial charge on any atom is -0.463 e. The van der Waals surface area contributed by atoms with Crippen molar-refractivity contribution < 1.29 is 23.9 Å². The average molecular weight is 284 g/mol. The van der Waals surface area contributed by atoms with Crippen LogP contribution in [0.25, 0.3) is 0 Å². The van der Waals surface area contributed by atoms with Gasteiger partial charge in [0.2, 0.25) is 0 Å². The maximum atomic E-state index is 11.3. The highest BCUT2D eigenvalue weighted by Gasteiger charge is 2.11. The number of esters is 2. The lowest BCUT2D eigenvalue weighted by Crippen LogP contribution is -2.20. The molecule has 0 aliphatic rings. The maximum absolute atomic E-state index is 11.3. The summed E-state index contributed by atoms with van der Waals surface area (Å²) in [5.74, 6) is -1.55. The monoisotopic (exact) mass is 284 g/mol. The summed E-state index contributed by atoms with van der Waals surface area (Å²) in [6, 6.07) is 0. The highest BCUT2D eigenvalue weighted by atomic mass is 16.5. The Morgan fingerprint density at radius 3 is 2.20 bits per heavy atom. The molecule has 5 heteroatoms. The summed E-state index contributed by atoms with van der Waals surface area (Å²) in [6.45, 7) is 5.29. The van der Waals surface area contributed by atoms with Crippen molar-refractivity contribution in [2.75, 3.05) is 6.61 Å². The number of rotatable bonds is 10. The number of hydrogen-bond donors (Lipinski definition) is 0. The van der Waals surface area contributed by atoms with E-state index in [-0.39, 0.29) is 5.78 Å². The predicted octanol–water partition coefficient (Wildman–Crippen LogP) is 2.58. The third-order valence-electron chi connectivity index (χ3n) is 2.71. The van der Waals surface area contributed by atoms with Crippen molar-refractivity contribution in [1.82, 2.24) is 0 Å². The van der Waals surface area contributed by atoms with Gasteiger partial charge in [0.05, 0.1) is 6.61 Å². The van der Waals surface area contributed by atoms with Crippen LogP contribution in [0.3, 0.4) is 0 Å². The third kappa shape index (κ3) is 10.3. The van der Waals surface area contributed by atoms with Crippen molar-refractivity contribution in [2.24, 2.45) is 0 Å². The molecule has 20 heavy (non-hydrogen) atoms. The molecule has 0 saturated carbocycles. The van der Waals surface area contributed by atoms with Gasteiger partial charge in [0.15, 0.2) is 11.9 Å². The molecule has 0 radical (unpaired) electrons. The molecule has 0 spiro atoms. The summed E-state index contributed by atoms with van der Waals surface area (Å²) >= 11 is 0. The van der Waals surface area contributed by atoms with E-state index in [1.54, 1.807) is 0 Å². The second-order valence-electron chi connectivity index (χ2n) is 4.60. The quantitative estimate of drug-likeness (QED) is 0.350. The molecule has 0 aromatic carbocycles. The van der Waals surface area contributed by atoms with Crippen LogP contribution in [-0.4, -0.2) is 30.4 Å². The van der Waals surface area contributed by atoms with E-state index < -0.39 is 18.0 Å². The van der Waals surface area contributed by atoms with E-state index in [0.717, 1.165) is 31.4 Å². The first-order chi connectivity index (χ1) is 9.47. The van der Waals surface area contributed by atoms with Gasteiger partial charge in [-0.15, -0.1) is 0 Å². The summed E-state index contributed by atoms with van der Waals surface area (Å²) in [7, 11) is 0. The van der Waals surface area contributed by atoms with Gasteiger partial charge in [-0.1, -0.05) is 32.6 Å². The summed E-state index contributed by atoms with van der Waals surface area (Å²) in [5.41, 5.74) is 0. The highest BCUT2D eigenvalue weighted by molar-refractivity contribution is 5.93. The zero-order chi connectivity index (χ0) is 15.4. The Bertz CT molecular complexity index is 346. The molecule has 0 bridgehead atoms. The Labute approximate surface area is 120 Å². The molecule has 0 aromatic rings. The topological polar surface area (TPSA) is 69.7 Å². The molecule has 0 rings (SSSR count). The second-order valence-corrected chi connectivity index (χ2v) is 4.60. The molecular formula is C15H24O5. The van der Waals surface area contributed by atoms with E-state index in [1.807, 2.05) is 0 Å². The Hall–Kier alpha value is -1.65. The van der Waals surface area contributed by atoms with Crippen LogP contribution in [0.5, 0.6) is 0 Å². The molecule has 0 amide bonds. The smallest absolute Gasteiger partial charge is 0.331 e. The van der Waals surface area contributed by atoms with Gasteiger partial charge in [0.1, 0.15) is 0 Å². The number of unbranched alkanes of at least 4 members (excludes halogenated alkanes) is 4. The minimum absolute atomic E-state index is 0.249. The van der Waals surface area contributed by atoms with E-state index >= 15 is 0 Å². The SMILES string of the molecule is CCCCCCCOC(=O)/C=C/C(=O)OC(C)C(C)=O. The average Bonchev–Trinajstić information content (AvgIpc) is 2.40. The van der Waals surface area contributed by atoms with Gasteiger partial charge in [-0.25, -0.2) is 9.59 Å². The van der Waals surface area contributed by atoms with Crippen LogP contribution in [-0.2, 0) is 23.9 Å². The van der Waals surface area contributed by atoms with Crippen LogP contribution in [0.2, 0.25) is 0 Å². The van der Waals surface area contributed by atoms with Crippen LogP contribution in [0.4, 0.5) is 0 Å². The lowest BCUT2D eigenvalue weighted by Gasteiger charge is -2.06. The minimum atomic E-state index is -0.804. The first-order valence-corrected chi connectivity index (χ1v) is 7.03. The molecule has 5 nitrogen and oxygen atoms in total. The zero-order valence-electron chi connectivity index (χ0n) is 12.5. The molecule has 0 aromatic heterocycles. The van der Waals surface area contributed by atoms with E-state index in [0.29, 0.717) is 6.61 Å². The molecule has 1 unspecified atom stereocenters. The van der Waals surface area contributed by atoms with E-state index in [4.69, 9.17) is 9.47 Å². The van der Waals surface area contributed by atoms with Crippen molar-refractivity contribution in [2.45, 2.75) is 59.0 Å². The predicted molar refractivity (Wildman–Crippen MR) is 75.1 cm³/mol. The van der Waals surface area contributed by atoms with Crippen LogP contribution in [0, 0.1) is 0 Å². The Morgan fingerprint density at radius 1 is 1.00 bits per heavy atom. The second kappa shape index (κ2) is 11.2. The number of Topliss-reactive ketones (excluding diaryl/α,β-unsaturated/α-hetero) is 1. The number of carbonyl (C=O) groups excluding carboxylic acids is 3. The van der Waals surface area contributed by atoms with E-state index in [1.165, 1.54) is 26.7 Å². The summed E-state index contributed by atoms with van der Waals surface area (Å²) < 4.78 is 9.67. The maximum Gasteiger partial charge on any atom is 0.331 e. The van der Waals surface area contributed by atoms with Gasteiger partial charge in [0.25, 0.3) is 0 Å². The molecule has 0 fully saturated rings. The number of ether oxygens (including phenoxy) is 2. The van der Waals surface area contributed by atoms with Crippen molar-refractivity contribution in [3.63, 3.8) is 0 Å². The van der Waals surface area contributed by atoms with Gasteiger partial charge in [0, 0.05) is 12.2 Å². The van der Waals surface area contributed by atoms with Gasteiger partial charge in [-0.2, -0.15) is 0 Å². The largest absolute Gasteiger partial charge is 0.463 e. The van der Waals surface area contributed by atoms with Gasteiger partial charge in [-0.3, -0.25) is 4.79 Å². The Balaban J connectivity index is 3.76. The highest BCUT2D eigenvalue weighted by Crippen LogP contribution is 2.02. The molecule has 0 aliphatic carbocycles. The van der Waals surface area contributed by atoms with Crippen LogP contribution < -0.4 is 0 Å². The Kier molecular flexibility index (Phi) is 10.3. The first-order valence-electron chi connectivity index (χ1n) is 7.03. The lowest BCUT2D eigenvalue weighted by molar-refractivity contribution is -0.148. The fourth-order valence-corrected chi connectivity index (χ4v) is 1.36. The summed E-state index contributed by atoms with van der Waals surface area (Å²) in [6.07, 6.45) is 6.53. The van der Waals surface area contributed by atoms with Gasteiger partial charge >= 0.3 is 11.9 Å². The van der Waals surface area contributed by atoms with Crippen LogP contribution >= 0.6 is 0 Å². The third-order valence-corrected chi connectivity index (χ3v) is 2.71. The number of carbonyl (C=O) groups is 3. The fourth-order valence-electron chi connectivity index (χ4n) is 1.36. The van der Waals surface area contributed by atoms with Gasteiger partial charge < -0.3 is 9.47 Å². The molecular weight excluding hydrogens is 260 g/mol. The summed E-state index contributed by atoms with van der Waals surface area (Å²) in [5, 5.41) is 0. The molecule has 0 N–H and O–H groups in total. The van der Waals surface area contributed by atoms with Gasteiger partial charge in [-0.05, 0) is 20.3 Å². The van der Waals surface area contributed by atoms with E-state index in [2.05, 4.69) is 6.92 Å². The summed E-state index contributed by atoms with van der Waals surface area (Å²) in [4.78, 5) is 33.4.